The van der Waals surface area contributed by atoms with E-state index in [0.29, 0.717) is 22.1 Å². The van der Waals surface area contributed by atoms with Crippen molar-refractivity contribution < 1.29 is 18.0 Å². The van der Waals surface area contributed by atoms with E-state index in [1.54, 1.807) is 36.4 Å². The van der Waals surface area contributed by atoms with E-state index in [9.17, 15) is 18.4 Å². The van der Waals surface area contributed by atoms with Crippen molar-refractivity contribution in [1.29, 1.82) is 0 Å². The number of carbonyl (C=O) groups excluding carboxylic acids is 1. The minimum atomic E-state index is -0.745. The Balaban J connectivity index is 1.73. The number of rotatable bonds is 3. The van der Waals surface area contributed by atoms with Crippen molar-refractivity contribution in [1.82, 2.24) is 4.90 Å². The third-order valence-corrected chi connectivity index (χ3v) is 6.03. The molecule has 4 nitrogen and oxygen atoms in total. The molecular weight excluding hydrogens is 412 g/mol. The first-order valence-corrected chi connectivity index (χ1v) is 10.2. The fourth-order valence-electron chi connectivity index (χ4n) is 4.22. The van der Waals surface area contributed by atoms with Crippen molar-refractivity contribution in [3.8, 4) is 0 Å². The molecule has 160 valence electrons. The molecule has 4 aromatic rings. The second-order valence-corrected chi connectivity index (χ2v) is 8.12. The number of carbonyl (C=O) groups is 1. The van der Waals surface area contributed by atoms with Gasteiger partial charge in [-0.15, -0.1) is 0 Å². The molecule has 1 aliphatic heterocycles. The summed E-state index contributed by atoms with van der Waals surface area (Å²) in [5, 5.41) is 0.399. The molecule has 0 saturated carbocycles. The predicted molar refractivity (Wildman–Crippen MR) is 116 cm³/mol. The fraction of sp³-hybridized carbons (Fsp3) is 0.154. The molecule has 5 rings (SSSR count). The quantitative estimate of drug-likeness (QED) is 0.434. The van der Waals surface area contributed by atoms with Gasteiger partial charge in [0.2, 0.25) is 5.76 Å². The van der Waals surface area contributed by atoms with E-state index in [2.05, 4.69) is 0 Å². The number of halogens is 2. The van der Waals surface area contributed by atoms with E-state index in [1.165, 1.54) is 29.2 Å². The molecule has 1 unspecified atom stereocenters. The first kappa shape index (κ1) is 20.1. The number of amides is 1. The van der Waals surface area contributed by atoms with Gasteiger partial charge in [0, 0.05) is 6.54 Å². The molecule has 6 heteroatoms. The van der Waals surface area contributed by atoms with Gasteiger partial charge in [0.25, 0.3) is 5.91 Å². The first-order chi connectivity index (χ1) is 15.3. The summed E-state index contributed by atoms with van der Waals surface area (Å²) < 4.78 is 32.9. The summed E-state index contributed by atoms with van der Waals surface area (Å²) in [5.41, 5.74) is 3.49. The van der Waals surface area contributed by atoms with E-state index in [4.69, 9.17) is 4.42 Å². The maximum atomic E-state index is 13.6. The fourth-order valence-corrected chi connectivity index (χ4v) is 4.22. The van der Waals surface area contributed by atoms with Crippen molar-refractivity contribution in [2.75, 3.05) is 0 Å². The zero-order valence-corrected chi connectivity index (χ0v) is 17.5. The Labute approximate surface area is 182 Å². The zero-order valence-electron chi connectivity index (χ0n) is 17.5. The molecule has 0 spiro atoms. The third-order valence-electron chi connectivity index (χ3n) is 6.03. The van der Waals surface area contributed by atoms with Gasteiger partial charge in [0.05, 0.1) is 17.0 Å². The van der Waals surface area contributed by atoms with Gasteiger partial charge in [-0.2, -0.15) is 0 Å². The Bertz CT molecular complexity index is 1420. The van der Waals surface area contributed by atoms with Crippen LogP contribution in [0.3, 0.4) is 0 Å². The average Bonchev–Trinajstić information content (AvgIpc) is 3.04. The normalized spacial score (nSPS) is 15.4. The summed E-state index contributed by atoms with van der Waals surface area (Å²) in [6.07, 6.45) is 0. The van der Waals surface area contributed by atoms with Crippen LogP contribution in [0.2, 0.25) is 0 Å². The van der Waals surface area contributed by atoms with Crippen LogP contribution in [0.15, 0.2) is 69.9 Å². The lowest BCUT2D eigenvalue weighted by atomic mass is 9.97. The molecule has 0 N–H and O–H groups in total. The molecule has 0 aliphatic carbocycles. The number of benzene rings is 3. The van der Waals surface area contributed by atoms with Crippen molar-refractivity contribution in [3.63, 3.8) is 0 Å². The highest BCUT2D eigenvalue weighted by atomic mass is 19.1. The monoisotopic (exact) mass is 431 g/mol. The summed E-state index contributed by atoms with van der Waals surface area (Å²) in [4.78, 5) is 28.5. The molecule has 1 aliphatic rings. The average molecular weight is 431 g/mol. The van der Waals surface area contributed by atoms with Gasteiger partial charge in [-0.3, -0.25) is 9.59 Å². The number of hydrogen-bond donors (Lipinski definition) is 0. The van der Waals surface area contributed by atoms with Crippen molar-refractivity contribution >= 4 is 16.9 Å². The van der Waals surface area contributed by atoms with Crippen LogP contribution < -0.4 is 5.43 Å². The van der Waals surface area contributed by atoms with E-state index >= 15 is 0 Å². The SMILES string of the molecule is Cc1cc2oc3c(c(=O)c2cc1C)C(c1ccc(F)cc1)N(Cc1ccc(F)cc1)C3=O. The summed E-state index contributed by atoms with van der Waals surface area (Å²) >= 11 is 0. The second kappa shape index (κ2) is 7.41. The lowest BCUT2D eigenvalue weighted by molar-refractivity contribution is 0.0714. The summed E-state index contributed by atoms with van der Waals surface area (Å²) in [6.45, 7) is 3.95. The van der Waals surface area contributed by atoms with Crippen LogP contribution in [0, 0.1) is 25.5 Å². The molecule has 0 radical (unpaired) electrons. The largest absolute Gasteiger partial charge is 0.450 e. The van der Waals surface area contributed by atoms with Gasteiger partial charge in [-0.05, 0) is 72.5 Å². The second-order valence-electron chi connectivity index (χ2n) is 8.12. The molecule has 0 fully saturated rings. The lowest BCUT2D eigenvalue weighted by Crippen LogP contribution is -2.29. The molecule has 32 heavy (non-hydrogen) atoms. The minimum absolute atomic E-state index is 0.0119. The Morgan fingerprint density at radius 2 is 1.47 bits per heavy atom. The van der Waals surface area contributed by atoms with E-state index in [0.717, 1.165) is 11.1 Å². The molecule has 1 aromatic heterocycles. The Morgan fingerprint density at radius 1 is 0.875 bits per heavy atom. The van der Waals surface area contributed by atoms with Crippen molar-refractivity contribution in [2.24, 2.45) is 0 Å². The number of nitrogens with zero attached hydrogens (tertiary/aromatic N) is 1. The van der Waals surface area contributed by atoms with E-state index in [1.807, 2.05) is 13.8 Å². The molecule has 3 aromatic carbocycles. The molecular formula is C26H19F2NO3. The molecule has 1 atom stereocenters. The van der Waals surface area contributed by atoms with Gasteiger partial charge >= 0.3 is 0 Å². The maximum Gasteiger partial charge on any atom is 0.291 e. The molecule has 0 bridgehead atoms. The zero-order chi connectivity index (χ0) is 22.6. The van der Waals surface area contributed by atoms with Crippen LogP contribution in [-0.2, 0) is 6.54 Å². The highest BCUT2D eigenvalue weighted by Gasteiger charge is 2.42. The van der Waals surface area contributed by atoms with Gasteiger partial charge < -0.3 is 9.32 Å². The molecule has 0 saturated heterocycles. The number of hydrogen-bond acceptors (Lipinski definition) is 3. The predicted octanol–water partition coefficient (Wildman–Crippen LogP) is 5.43. The Hall–Kier alpha value is -3.80. The Morgan fingerprint density at radius 3 is 2.12 bits per heavy atom. The highest BCUT2D eigenvalue weighted by molar-refractivity contribution is 5.99. The Kier molecular flexibility index (Phi) is 4.66. The topological polar surface area (TPSA) is 50.5 Å². The van der Waals surface area contributed by atoms with Crippen LogP contribution in [0.5, 0.6) is 0 Å². The van der Waals surface area contributed by atoms with Crippen molar-refractivity contribution in [3.05, 3.63) is 116 Å². The standard InChI is InChI=1S/C26H19F2NO3/c1-14-11-20-21(12-15(14)2)32-25-22(24(20)30)23(17-5-9-19(28)10-6-17)29(26(25)31)13-16-3-7-18(27)8-4-16/h3-12,23H,13H2,1-2H3. The summed E-state index contributed by atoms with van der Waals surface area (Å²) in [7, 11) is 0. The van der Waals surface area contributed by atoms with Crippen LogP contribution >= 0.6 is 0 Å². The van der Waals surface area contributed by atoms with Crippen LogP contribution in [0.4, 0.5) is 8.78 Å². The highest BCUT2D eigenvalue weighted by Crippen LogP contribution is 2.39. The lowest BCUT2D eigenvalue weighted by Gasteiger charge is -2.25. The van der Waals surface area contributed by atoms with Crippen LogP contribution in [0.25, 0.3) is 11.0 Å². The van der Waals surface area contributed by atoms with Gasteiger partial charge in [-0.25, -0.2) is 8.78 Å². The van der Waals surface area contributed by atoms with E-state index in [-0.39, 0.29) is 29.1 Å². The number of fused-ring (bicyclic) bond motifs is 2. The van der Waals surface area contributed by atoms with Crippen molar-refractivity contribution in [2.45, 2.75) is 26.4 Å². The summed E-state index contributed by atoms with van der Waals surface area (Å²) in [6, 6.07) is 14.3. The maximum absolute atomic E-state index is 13.6. The molecule has 2 heterocycles. The van der Waals surface area contributed by atoms with Gasteiger partial charge in [0.1, 0.15) is 17.2 Å². The van der Waals surface area contributed by atoms with Crippen LogP contribution in [0.1, 0.15) is 44.4 Å². The van der Waals surface area contributed by atoms with E-state index < -0.39 is 17.8 Å². The number of aryl methyl sites for hydroxylation is 2. The smallest absolute Gasteiger partial charge is 0.291 e. The van der Waals surface area contributed by atoms with Gasteiger partial charge in [0.15, 0.2) is 5.43 Å². The first-order valence-electron chi connectivity index (χ1n) is 10.2. The van der Waals surface area contributed by atoms with Gasteiger partial charge in [-0.1, -0.05) is 24.3 Å². The molecule has 1 amide bonds. The summed E-state index contributed by atoms with van der Waals surface area (Å²) in [5.74, 6) is -1.24. The van der Waals surface area contributed by atoms with Crippen LogP contribution in [-0.4, -0.2) is 10.8 Å². The third kappa shape index (κ3) is 3.19. The minimum Gasteiger partial charge on any atom is -0.450 e.